The van der Waals surface area contributed by atoms with Crippen molar-refractivity contribution in [1.82, 2.24) is 0 Å². The molecule has 4 nitrogen and oxygen atoms in total. The lowest BCUT2D eigenvalue weighted by Crippen LogP contribution is -2.27. The molecule has 0 heterocycles. The van der Waals surface area contributed by atoms with Gasteiger partial charge in [0.1, 0.15) is 5.60 Å². The van der Waals surface area contributed by atoms with E-state index in [4.69, 9.17) is 10.5 Å². The Balaban J connectivity index is 2.79. The fraction of sp³-hybridized carbons (Fsp3) is 0.500. The summed E-state index contributed by atoms with van der Waals surface area (Å²) in [6.45, 7) is 7.43. The van der Waals surface area contributed by atoms with Gasteiger partial charge in [0.05, 0.1) is 5.69 Å². The molecule has 0 radical (unpaired) electrons. The summed E-state index contributed by atoms with van der Waals surface area (Å²) in [5.74, 6) is 0. The predicted octanol–water partition coefficient (Wildman–Crippen LogP) is 3.69. The SMILES string of the molecule is CC(N)Cc1ccc(Br)c(NC(=O)OC(C)(C)C)c1. The summed E-state index contributed by atoms with van der Waals surface area (Å²) in [4.78, 5) is 11.7. The molecule has 0 saturated carbocycles. The van der Waals surface area contributed by atoms with Gasteiger partial charge in [0.25, 0.3) is 0 Å². The summed E-state index contributed by atoms with van der Waals surface area (Å²) in [6, 6.07) is 5.85. The minimum Gasteiger partial charge on any atom is -0.444 e. The third-order valence-corrected chi connectivity index (χ3v) is 2.92. The Bertz CT molecular complexity index is 453. The Hall–Kier alpha value is -1.07. The van der Waals surface area contributed by atoms with Gasteiger partial charge in [-0.2, -0.15) is 0 Å². The standard InChI is InChI=1S/C14H21BrN2O2/c1-9(16)7-10-5-6-11(15)12(8-10)17-13(18)19-14(2,3)4/h5-6,8-9H,7,16H2,1-4H3,(H,17,18). The summed E-state index contributed by atoms with van der Waals surface area (Å²) >= 11 is 3.40. The number of hydrogen-bond donors (Lipinski definition) is 2. The number of anilines is 1. The number of halogens is 1. The summed E-state index contributed by atoms with van der Waals surface area (Å²) in [5, 5.41) is 2.73. The smallest absolute Gasteiger partial charge is 0.412 e. The van der Waals surface area contributed by atoms with E-state index in [0.29, 0.717) is 5.69 Å². The van der Waals surface area contributed by atoms with Gasteiger partial charge in [-0.25, -0.2) is 4.79 Å². The molecular formula is C14H21BrN2O2. The van der Waals surface area contributed by atoms with Crippen molar-refractivity contribution < 1.29 is 9.53 Å². The molecule has 1 atom stereocenters. The zero-order valence-electron chi connectivity index (χ0n) is 11.8. The zero-order valence-corrected chi connectivity index (χ0v) is 13.4. The Kier molecular flexibility index (Phi) is 5.38. The number of benzene rings is 1. The van der Waals surface area contributed by atoms with Gasteiger partial charge in [-0.15, -0.1) is 0 Å². The third kappa shape index (κ3) is 6.07. The van der Waals surface area contributed by atoms with Gasteiger partial charge < -0.3 is 10.5 Å². The second-order valence-corrected chi connectivity index (χ2v) is 6.48. The van der Waals surface area contributed by atoms with E-state index in [1.807, 2.05) is 45.9 Å². The first kappa shape index (κ1) is 16.0. The van der Waals surface area contributed by atoms with Crippen molar-refractivity contribution in [2.24, 2.45) is 5.73 Å². The maximum Gasteiger partial charge on any atom is 0.412 e. The molecule has 1 rings (SSSR count). The van der Waals surface area contributed by atoms with Crippen molar-refractivity contribution in [3.63, 3.8) is 0 Å². The van der Waals surface area contributed by atoms with E-state index < -0.39 is 11.7 Å². The van der Waals surface area contributed by atoms with Crippen LogP contribution in [0.4, 0.5) is 10.5 Å². The van der Waals surface area contributed by atoms with Crippen LogP contribution >= 0.6 is 15.9 Å². The van der Waals surface area contributed by atoms with Crippen LogP contribution in [-0.4, -0.2) is 17.7 Å². The number of amides is 1. The fourth-order valence-corrected chi connectivity index (χ4v) is 1.93. The average Bonchev–Trinajstić information content (AvgIpc) is 2.19. The first-order valence-corrected chi connectivity index (χ1v) is 7.00. The average molecular weight is 329 g/mol. The summed E-state index contributed by atoms with van der Waals surface area (Å²) < 4.78 is 6.03. The van der Waals surface area contributed by atoms with Crippen LogP contribution in [0, 0.1) is 0 Å². The van der Waals surface area contributed by atoms with E-state index in [0.717, 1.165) is 16.5 Å². The monoisotopic (exact) mass is 328 g/mol. The molecule has 0 spiro atoms. The second-order valence-electron chi connectivity index (χ2n) is 5.62. The van der Waals surface area contributed by atoms with Crippen LogP contribution in [0.3, 0.4) is 0 Å². The summed E-state index contributed by atoms with van der Waals surface area (Å²) in [6.07, 6.45) is 0.294. The van der Waals surface area contributed by atoms with E-state index in [-0.39, 0.29) is 6.04 Å². The lowest BCUT2D eigenvalue weighted by atomic mass is 10.1. The molecule has 0 aliphatic heterocycles. The van der Waals surface area contributed by atoms with Gasteiger partial charge in [-0.1, -0.05) is 6.07 Å². The topological polar surface area (TPSA) is 64.3 Å². The zero-order chi connectivity index (χ0) is 14.6. The number of nitrogens with one attached hydrogen (secondary N) is 1. The number of carbonyl (C=O) groups is 1. The van der Waals surface area contributed by atoms with Crippen molar-refractivity contribution >= 4 is 27.7 Å². The third-order valence-electron chi connectivity index (χ3n) is 2.22. The van der Waals surface area contributed by atoms with E-state index >= 15 is 0 Å². The van der Waals surface area contributed by atoms with Gasteiger partial charge in [0, 0.05) is 10.5 Å². The molecule has 0 aliphatic carbocycles. The fourth-order valence-electron chi connectivity index (χ4n) is 1.58. The second kappa shape index (κ2) is 6.39. The van der Waals surface area contributed by atoms with Crippen molar-refractivity contribution in [3.05, 3.63) is 28.2 Å². The quantitative estimate of drug-likeness (QED) is 0.889. The van der Waals surface area contributed by atoms with E-state index in [1.54, 1.807) is 0 Å². The van der Waals surface area contributed by atoms with E-state index in [9.17, 15) is 4.79 Å². The molecule has 0 saturated heterocycles. The number of rotatable bonds is 3. The highest BCUT2D eigenvalue weighted by Gasteiger charge is 2.17. The highest BCUT2D eigenvalue weighted by Crippen LogP contribution is 2.25. The molecule has 1 amide bonds. The molecule has 0 aromatic heterocycles. The van der Waals surface area contributed by atoms with Crippen LogP contribution in [0.15, 0.2) is 22.7 Å². The molecule has 1 aromatic carbocycles. The number of nitrogens with two attached hydrogens (primary N) is 1. The number of ether oxygens (including phenoxy) is 1. The van der Waals surface area contributed by atoms with Crippen LogP contribution in [-0.2, 0) is 11.2 Å². The van der Waals surface area contributed by atoms with E-state index in [1.165, 1.54) is 0 Å². The van der Waals surface area contributed by atoms with Crippen LogP contribution in [0.2, 0.25) is 0 Å². The van der Waals surface area contributed by atoms with Crippen LogP contribution in [0.5, 0.6) is 0 Å². The number of hydrogen-bond acceptors (Lipinski definition) is 3. The maximum absolute atomic E-state index is 11.7. The van der Waals surface area contributed by atoms with Gasteiger partial charge >= 0.3 is 6.09 Å². The highest BCUT2D eigenvalue weighted by atomic mass is 79.9. The lowest BCUT2D eigenvalue weighted by Gasteiger charge is -2.20. The number of carbonyl (C=O) groups excluding carboxylic acids is 1. The lowest BCUT2D eigenvalue weighted by molar-refractivity contribution is 0.0636. The molecule has 3 N–H and O–H groups in total. The predicted molar refractivity (Wildman–Crippen MR) is 81.4 cm³/mol. The molecule has 1 aromatic rings. The Labute approximate surface area is 122 Å². The first-order valence-electron chi connectivity index (χ1n) is 6.21. The largest absolute Gasteiger partial charge is 0.444 e. The highest BCUT2D eigenvalue weighted by molar-refractivity contribution is 9.10. The van der Waals surface area contributed by atoms with Crippen LogP contribution < -0.4 is 11.1 Å². The summed E-state index contributed by atoms with van der Waals surface area (Å²) in [7, 11) is 0. The van der Waals surface area contributed by atoms with Gasteiger partial charge in [-0.05, 0) is 67.7 Å². The van der Waals surface area contributed by atoms with Gasteiger partial charge in [0.15, 0.2) is 0 Å². The Morgan fingerprint density at radius 2 is 2.11 bits per heavy atom. The molecular weight excluding hydrogens is 308 g/mol. The van der Waals surface area contributed by atoms with E-state index in [2.05, 4.69) is 21.2 Å². The molecule has 0 aliphatic rings. The normalized spacial score (nSPS) is 12.9. The Morgan fingerprint density at radius 3 is 2.63 bits per heavy atom. The van der Waals surface area contributed by atoms with Crippen LogP contribution in [0.1, 0.15) is 33.3 Å². The van der Waals surface area contributed by atoms with Crippen molar-refractivity contribution in [2.75, 3.05) is 5.32 Å². The summed E-state index contributed by atoms with van der Waals surface area (Å²) in [5.41, 5.74) is 7.02. The minimum atomic E-state index is -0.514. The van der Waals surface area contributed by atoms with Gasteiger partial charge in [-0.3, -0.25) is 5.32 Å². The molecule has 5 heteroatoms. The maximum atomic E-state index is 11.7. The van der Waals surface area contributed by atoms with Crippen molar-refractivity contribution in [2.45, 2.75) is 45.8 Å². The van der Waals surface area contributed by atoms with Crippen molar-refractivity contribution in [1.29, 1.82) is 0 Å². The van der Waals surface area contributed by atoms with Gasteiger partial charge in [0.2, 0.25) is 0 Å². The van der Waals surface area contributed by atoms with Crippen molar-refractivity contribution in [3.8, 4) is 0 Å². The molecule has 0 bridgehead atoms. The Morgan fingerprint density at radius 1 is 1.47 bits per heavy atom. The molecule has 106 valence electrons. The molecule has 19 heavy (non-hydrogen) atoms. The molecule has 1 unspecified atom stereocenters. The van der Waals surface area contributed by atoms with Crippen LogP contribution in [0.25, 0.3) is 0 Å². The molecule has 0 fully saturated rings. The first-order chi connectivity index (χ1) is 8.67. The minimum absolute atomic E-state index is 0.0792.